The maximum atomic E-state index is 5.52. The molecule has 0 bridgehead atoms. The van der Waals surface area contributed by atoms with Gasteiger partial charge in [-0.1, -0.05) is 12.8 Å². The molecule has 0 spiro atoms. The Bertz CT molecular complexity index is 298. The second-order valence-corrected chi connectivity index (χ2v) is 7.92. The Morgan fingerprint density at radius 2 is 1.37 bits per heavy atom. The zero-order valence-corrected chi connectivity index (χ0v) is 12.9. The van der Waals surface area contributed by atoms with Crippen molar-refractivity contribution in [1.29, 1.82) is 0 Å². The molecule has 0 radical (unpaired) electrons. The van der Waals surface area contributed by atoms with Gasteiger partial charge in [0, 0.05) is 11.8 Å². The third kappa shape index (κ3) is 3.14. The molecule has 0 amide bonds. The van der Waals surface area contributed by atoms with Crippen LogP contribution in [0.4, 0.5) is 0 Å². The maximum Gasteiger partial charge on any atom is 0.128 e. The van der Waals surface area contributed by atoms with Gasteiger partial charge in [0.05, 0.1) is 40.4 Å². The molecule has 0 aromatic carbocycles. The number of hydrogen-bond donors (Lipinski definition) is 0. The molecule has 2 saturated heterocycles. The van der Waals surface area contributed by atoms with Crippen LogP contribution < -0.4 is 0 Å². The zero-order chi connectivity index (χ0) is 13.3. The van der Waals surface area contributed by atoms with Gasteiger partial charge in [0.15, 0.2) is 0 Å². The second kappa shape index (κ2) is 5.34. The number of rotatable bonds is 3. The summed E-state index contributed by atoms with van der Waals surface area (Å²) in [5.41, 5.74) is 0. The SMILES string of the molecule is C[N+]1(CC[N+]2(C)C[C@@H]3CCCC[C@H]3C2)CCOCC1. The van der Waals surface area contributed by atoms with Crippen molar-refractivity contribution in [2.24, 2.45) is 11.8 Å². The predicted molar refractivity (Wildman–Crippen MR) is 77.8 cm³/mol. The number of nitrogens with zero attached hydrogens (tertiary/aromatic N) is 2. The van der Waals surface area contributed by atoms with E-state index in [2.05, 4.69) is 14.1 Å². The molecule has 3 fully saturated rings. The Labute approximate surface area is 118 Å². The van der Waals surface area contributed by atoms with Crippen LogP contribution in [0.1, 0.15) is 25.7 Å². The molecule has 0 aromatic rings. The molecular formula is C16H32N2O+2. The standard InChI is InChI=1S/C16H32N2O/c1-17(9-11-19-12-10-17)7-8-18(2)13-15-5-3-4-6-16(15)14-18/h15-16H,3-14H2,1-2H3/q+2/t15-,16-/m0/s1. The summed E-state index contributed by atoms with van der Waals surface area (Å²) >= 11 is 0. The number of likely N-dealkylation sites (N-methyl/N-ethyl adjacent to an activating group) is 2. The van der Waals surface area contributed by atoms with E-state index in [-0.39, 0.29) is 0 Å². The van der Waals surface area contributed by atoms with Crippen molar-refractivity contribution in [3.05, 3.63) is 0 Å². The van der Waals surface area contributed by atoms with Gasteiger partial charge in [0.1, 0.15) is 26.2 Å². The molecule has 19 heavy (non-hydrogen) atoms. The van der Waals surface area contributed by atoms with Crippen LogP contribution in [0.3, 0.4) is 0 Å². The number of quaternary nitrogens is 2. The average Bonchev–Trinajstić information content (AvgIpc) is 2.74. The molecular weight excluding hydrogens is 236 g/mol. The number of likely N-dealkylation sites (tertiary alicyclic amines) is 1. The summed E-state index contributed by atoms with van der Waals surface area (Å²) in [4.78, 5) is 0. The van der Waals surface area contributed by atoms with Gasteiger partial charge in [-0.3, -0.25) is 0 Å². The molecule has 0 aromatic heterocycles. The molecule has 1 saturated carbocycles. The van der Waals surface area contributed by atoms with Crippen molar-refractivity contribution in [2.75, 3.05) is 66.6 Å². The number of ether oxygens (including phenoxy) is 1. The van der Waals surface area contributed by atoms with Crippen LogP contribution >= 0.6 is 0 Å². The minimum Gasteiger partial charge on any atom is -0.370 e. The van der Waals surface area contributed by atoms with Crippen LogP contribution in [-0.2, 0) is 4.74 Å². The first-order valence-corrected chi connectivity index (χ1v) is 8.34. The molecule has 1 aliphatic carbocycles. The minimum atomic E-state index is 0.964. The third-order valence-corrected chi connectivity index (χ3v) is 6.15. The van der Waals surface area contributed by atoms with Gasteiger partial charge in [0.25, 0.3) is 0 Å². The number of morpholine rings is 1. The van der Waals surface area contributed by atoms with E-state index in [1.54, 1.807) is 0 Å². The largest absolute Gasteiger partial charge is 0.370 e. The predicted octanol–water partition coefficient (Wildman–Crippen LogP) is 1.73. The van der Waals surface area contributed by atoms with Crippen LogP contribution in [0.2, 0.25) is 0 Å². The topological polar surface area (TPSA) is 9.23 Å². The number of fused-ring (bicyclic) bond motifs is 1. The molecule has 0 N–H and O–H groups in total. The van der Waals surface area contributed by atoms with Gasteiger partial charge in [-0.25, -0.2) is 0 Å². The van der Waals surface area contributed by atoms with Crippen molar-refractivity contribution < 1.29 is 13.7 Å². The highest BCUT2D eigenvalue weighted by Gasteiger charge is 2.44. The molecule has 3 rings (SSSR count). The molecule has 2 atom stereocenters. The fraction of sp³-hybridized carbons (Fsp3) is 1.00. The highest BCUT2D eigenvalue weighted by Crippen LogP contribution is 2.38. The lowest BCUT2D eigenvalue weighted by Gasteiger charge is -2.40. The summed E-state index contributed by atoms with van der Waals surface area (Å²) in [7, 11) is 4.95. The monoisotopic (exact) mass is 268 g/mol. The van der Waals surface area contributed by atoms with Crippen LogP contribution in [0, 0.1) is 11.8 Å². The highest BCUT2D eigenvalue weighted by atomic mass is 16.5. The average molecular weight is 268 g/mol. The van der Waals surface area contributed by atoms with Gasteiger partial charge in [-0.05, 0) is 12.8 Å². The first kappa shape index (κ1) is 13.8. The molecule has 110 valence electrons. The van der Waals surface area contributed by atoms with Crippen LogP contribution in [0.15, 0.2) is 0 Å². The number of hydrogen-bond acceptors (Lipinski definition) is 1. The van der Waals surface area contributed by atoms with Crippen LogP contribution in [0.25, 0.3) is 0 Å². The van der Waals surface area contributed by atoms with Crippen LogP contribution in [-0.4, -0.2) is 75.5 Å². The van der Waals surface area contributed by atoms with Gasteiger partial charge in [-0.15, -0.1) is 0 Å². The molecule has 2 heterocycles. The van der Waals surface area contributed by atoms with Crippen LogP contribution in [0.5, 0.6) is 0 Å². The van der Waals surface area contributed by atoms with Crippen molar-refractivity contribution >= 4 is 0 Å². The van der Waals surface area contributed by atoms with Gasteiger partial charge >= 0.3 is 0 Å². The minimum absolute atomic E-state index is 0.964. The van der Waals surface area contributed by atoms with E-state index in [0.29, 0.717) is 0 Å². The van der Waals surface area contributed by atoms with Gasteiger partial charge in [0.2, 0.25) is 0 Å². The normalized spacial score (nSPS) is 36.9. The summed E-state index contributed by atoms with van der Waals surface area (Å²) < 4.78 is 8.11. The van der Waals surface area contributed by atoms with E-state index in [4.69, 9.17) is 4.74 Å². The lowest BCUT2D eigenvalue weighted by molar-refractivity contribution is -0.963. The summed E-state index contributed by atoms with van der Waals surface area (Å²) in [6.45, 7) is 10.0. The molecule has 3 heteroatoms. The first-order chi connectivity index (χ1) is 9.09. The quantitative estimate of drug-likeness (QED) is 0.708. The van der Waals surface area contributed by atoms with E-state index in [1.807, 2.05) is 0 Å². The molecule has 2 aliphatic heterocycles. The van der Waals surface area contributed by atoms with Crippen molar-refractivity contribution in [3.63, 3.8) is 0 Å². The summed E-state index contributed by atoms with van der Waals surface area (Å²) in [6, 6.07) is 0. The Morgan fingerprint density at radius 1 is 0.842 bits per heavy atom. The van der Waals surface area contributed by atoms with Crippen molar-refractivity contribution in [2.45, 2.75) is 25.7 Å². The Hall–Kier alpha value is -0.120. The summed E-state index contributed by atoms with van der Waals surface area (Å²) in [5, 5.41) is 0. The Kier molecular flexibility index (Phi) is 3.89. The van der Waals surface area contributed by atoms with Gasteiger partial charge < -0.3 is 13.7 Å². The zero-order valence-electron chi connectivity index (χ0n) is 12.9. The first-order valence-electron chi connectivity index (χ1n) is 8.34. The fourth-order valence-electron chi connectivity index (χ4n) is 4.64. The Balaban J connectivity index is 1.54. The second-order valence-electron chi connectivity index (χ2n) is 7.92. The highest BCUT2D eigenvalue weighted by molar-refractivity contribution is 4.80. The Morgan fingerprint density at radius 3 is 1.95 bits per heavy atom. The lowest BCUT2D eigenvalue weighted by atomic mass is 9.82. The van der Waals surface area contributed by atoms with Crippen molar-refractivity contribution in [1.82, 2.24) is 0 Å². The maximum absolute atomic E-state index is 5.52. The van der Waals surface area contributed by atoms with E-state index < -0.39 is 0 Å². The van der Waals surface area contributed by atoms with E-state index in [1.165, 1.54) is 73.9 Å². The molecule has 3 nitrogen and oxygen atoms in total. The van der Waals surface area contributed by atoms with E-state index in [9.17, 15) is 0 Å². The third-order valence-electron chi connectivity index (χ3n) is 6.15. The molecule has 3 aliphatic rings. The lowest BCUT2D eigenvalue weighted by Crippen LogP contribution is -2.57. The fourth-order valence-corrected chi connectivity index (χ4v) is 4.64. The summed E-state index contributed by atoms with van der Waals surface area (Å²) in [5.74, 6) is 2.10. The van der Waals surface area contributed by atoms with Crippen molar-refractivity contribution in [3.8, 4) is 0 Å². The van der Waals surface area contributed by atoms with E-state index >= 15 is 0 Å². The molecule has 0 unspecified atom stereocenters. The van der Waals surface area contributed by atoms with E-state index in [0.717, 1.165) is 25.0 Å². The summed E-state index contributed by atoms with van der Waals surface area (Å²) in [6.07, 6.45) is 6.01. The smallest absolute Gasteiger partial charge is 0.128 e. The van der Waals surface area contributed by atoms with Gasteiger partial charge in [-0.2, -0.15) is 0 Å².